The number of hydrogen-bond acceptors (Lipinski definition) is 5. The maximum Gasteiger partial charge on any atom is 0.264 e. The molecule has 7 heteroatoms. The first-order chi connectivity index (χ1) is 10.1. The Bertz CT molecular complexity index is 663. The molecule has 0 radical (unpaired) electrons. The number of thiophene rings is 1. The zero-order valence-corrected chi connectivity index (χ0v) is 13.3. The van der Waals surface area contributed by atoms with Crippen molar-refractivity contribution in [3.8, 4) is 0 Å². The van der Waals surface area contributed by atoms with Gasteiger partial charge in [0.15, 0.2) is 0 Å². The van der Waals surface area contributed by atoms with Crippen molar-refractivity contribution in [2.45, 2.75) is 12.2 Å². The molecule has 0 aromatic carbocycles. The monoisotopic (exact) mass is 326 g/mol. The third-order valence-corrected chi connectivity index (χ3v) is 5.25. The molecule has 0 unspecified atom stereocenters. The molecule has 21 heavy (non-hydrogen) atoms. The SMILES string of the molecule is CO[C@H]1CN(C(=O)c2cc3ccnc(Cl)c3s2)C[C@H]1OC. The van der Waals surface area contributed by atoms with Crippen molar-refractivity contribution < 1.29 is 14.3 Å². The highest BCUT2D eigenvalue weighted by molar-refractivity contribution is 7.21. The van der Waals surface area contributed by atoms with E-state index in [0.717, 1.165) is 10.1 Å². The van der Waals surface area contributed by atoms with Crippen LogP contribution in [0, 0.1) is 0 Å². The van der Waals surface area contributed by atoms with Gasteiger partial charge in [0.2, 0.25) is 0 Å². The number of hydrogen-bond donors (Lipinski definition) is 0. The van der Waals surface area contributed by atoms with Crippen molar-refractivity contribution in [2.24, 2.45) is 0 Å². The number of pyridine rings is 1. The molecule has 2 aromatic heterocycles. The van der Waals surface area contributed by atoms with Crippen LogP contribution in [-0.2, 0) is 9.47 Å². The number of aromatic nitrogens is 1. The van der Waals surface area contributed by atoms with Crippen molar-refractivity contribution in [2.75, 3.05) is 27.3 Å². The van der Waals surface area contributed by atoms with Crippen LogP contribution in [0.15, 0.2) is 18.3 Å². The number of amides is 1. The summed E-state index contributed by atoms with van der Waals surface area (Å²) in [5.41, 5.74) is 0. The van der Waals surface area contributed by atoms with Gasteiger partial charge in [0.05, 0.1) is 9.58 Å². The fraction of sp³-hybridized carbons (Fsp3) is 0.429. The molecule has 1 aliphatic heterocycles. The Labute approximate surface area is 131 Å². The van der Waals surface area contributed by atoms with Crippen molar-refractivity contribution in [1.82, 2.24) is 9.88 Å². The molecular weight excluding hydrogens is 312 g/mol. The van der Waals surface area contributed by atoms with E-state index >= 15 is 0 Å². The lowest BCUT2D eigenvalue weighted by atomic mass is 10.3. The molecule has 1 aliphatic rings. The molecule has 112 valence electrons. The number of carbonyl (C=O) groups excluding carboxylic acids is 1. The topological polar surface area (TPSA) is 51.7 Å². The van der Waals surface area contributed by atoms with Gasteiger partial charge < -0.3 is 14.4 Å². The highest BCUT2D eigenvalue weighted by Crippen LogP contribution is 2.31. The fourth-order valence-corrected chi connectivity index (χ4v) is 3.84. The molecule has 0 spiro atoms. The van der Waals surface area contributed by atoms with E-state index in [2.05, 4.69) is 4.98 Å². The molecule has 0 N–H and O–H groups in total. The van der Waals surface area contributed by atoms with E-state index < -0.39 is 0 Å². The number of ether oxygens (including phenoxy) is 2. The van der Waals surface area contributed by atoms with Gasteiger partial charge in [0, 0.05) is 33.5 Å². The summed E-state index contributed by atoms with van der Waals surface area (Å²) in [5.74, 6) is -0.0196. The molecule has 2 aromatic rings. The highest BCUT2D eigenvalue weighted by Gasteiger charge is 2.36. The van der Waals surface area contributed by atoms with Crippen LogP contribution in [0.5, 0.6) is 0 Å². The Kier molecular flexibility index (Phi) is 4.12. The second-order valence-corrected chi connectivity index (χ2v) is 6.30. The van der Waals surface area contributed by atoms with Crippen LogP contribution < -0.4 is 0 Å². The van der Waals surface area contributed by atoms with Crippen LogP contribution >= 0.6 is 22.9 Å². The minimum Gasteiger partial charge on any atom is -0.377 e. The van der Waals surface area contributed by atoms with Crippen LogP contribution in [0.3, 0.4) is 0 Å². The molecule has 0 bridgehead atoms. The number of rotatable bonds is 3. The Hall–Kier alpha value is -1.21. The first-order valence-electron chi connectivity index (χ1n) is 6.53. The Morgan fingerprint density at radius 1 is 1.38 bits per heavy atom. The third kappa shape index (κ3) is 2.64. The van der Waals surface area contributed by atoms with Gasteiger partial charge in [0.25, 0.3) is 5.91 Å². The molecule has 0 aliphatic carbocycles. The van der Waals surface area contributed by atoms with Gasteiger partial charge in [-0.05, 0) is 17.5 Å². The van der Waals surface area contributed by atoms with Gasteiger partial charge >= 0.3 is 0 Å². The summed E-state index contributed by atoms with van der Waals surface area (Å²) in [6, 6.07) is 3.71. The lowest BCUT2D eigenvalue weighted by Gasteiger charge is -2.14. The van der Waals surface area contributed by atoms with E-state index in [9.17, 15) is 4.79 Å². The van der Waals surface area contributed by atoms with Gasteiger partial charge in [-0.25, -0.2) is 4.98 Å². The molecule has 5 nitrogen and oxygen atoms in total. The number of halogens is 1. The van der Waals surface area contributed by atoms with Gasteiger partial charge in [0.1, 0.15) is 17.4 Å². The minimum atomic E-state index is -0.0846. The largest absolute Gasteiger partial charge is 0.377 e. The second-order valence-electron chi connectivity index (χ2n) is 4.89. The summed E-state index contributed by atoms with van der Waals surface area (Å²) in [6.45, 7) is 1.07. The maximum atomic E-state index is 12.6. The van der Waals surface area contributed by atoms with Crippen molar-refractivity contribution >= 4 is 38.9 Å². The van der Waals surface area contributed by atoms with E-state index in [0.29, 0.717) is 23.1 Å². The molecule has 3 rings (SSSR count). The minimum absolute atomic E-state index is 0.0196. The van der Waals surface area contributed by atoms with E-state index in [1.165, 1.54) is 11.3 Å². The fourth-order valence-electron chi connectivity index (χ4n) is 2.56. The van der Waals surface area contributed by atoms with E-state index in [-0.39, 0.29) is 18.1 Å². The van der Waals surface area contributed by atoms with Crippen molar-refractivity contribution in [1.29, 1.82) is 0 Å². The van der Waals surface area contributed by atoms with Crippen LogP contribution in [-0.4, -0.2) is 55.3 Å². The van der Waals surface area contributed by atoms with Crippen molar-refractivity contribution in [3.05, 3.63) is 28.4 Å². The van der Waals surface area contributed by atoms with Gasteiger partial charge in [-0.1, -0.05) is 11.6 Å². The van der Waals surface area contributed by atoms with Crippen LogP contribution in [0.1, 0.15) is 9.67 Å². The molecular formula is C14H15ClN2O3S. The number of methoxy groups -OCH3 is 2. The predicted octanol–water partition coefficient (Wildman–Crippen LogP) is 2.44. The molecule has 2 atom stereocenters. The molecule has 1 amide bonds. The number of carbonyl (C=O) groups is 1. The summed E-state index contributed by atoms with van der Waals surface area (Å²) in [4.78, 5) is 19.1. The van der Waals surface area contributed by atoms with Gasteiger partial charge in [-0.3, -0.25) is 4.79 Å². The number of fused-ring (bicyclic) bond motifs is 1. The number of likely N-dealkylation sites (tertiary alicyclic amines) is 1. The van der Waals surface area contributed by atoms with E-state index in [4.69, 9.17) is 21.1 Å². The standard InChI is InChI=1S/C14H15ClN2O3S/c1-19-9-6-17(7-10(9)20-2)14(18)11-5-8-3-4-16-13(15)12(8)21-11/h3-5,9-10H,6-7H2,1-2H3/t9-,10+. The van der Waals surface area contributed by atoms with Crippen LogP contribution in [0.25, 0.3) is 10.1 Å². The van der Waals surface area contributed by atoms with Gasteiger partial charge in [-0.15, -0.1) is 11.3 Å². The first-order valence-corrected chi connectivity index (χ1v) is 7.72. The summed E-state index contributed by atoms with van der Waals surface area (Å²) < 4.78 is 11.6. The molecule has 1 fully saturated rings. The van der Waals surface area contributed by atoms with Crippen LogP contribution in [0.4, 0.5) is 0 Å². The molecule has 1 saturated heterocycles. The van der Waals surface area contributed by atoms with Gasteiger partial charge in [-0.2, -0.15) is 0 Å². The Balaban J connectivity index is 1.86. The zero-order valence-electron chi connectivity index (χ0n) is 11.7. The van der Waals surface area contributed by atoms with E-state index in [1.807, 2.05) is 12.1 Å². The van der Waals surface area contributed by atoms with Crippen molar-refractivity contribution in [3.63, 3.8) is 0 Å². The Morgan fingerprint density at radius 2 is 2.05 bits per heavy atom. The normalized spacial score (nSPS) is 22.1. The van der Waals surface area contributed by atoms with Crippen LogP contribution in [0.2, 0.25) is 5.15 Å². The summed E-state index contributed by atoms with van der Waals surface area (Å²) in [5, 5.41) is 1.37. The first kappa shape index (κ1) is 14.7. The lowest BCUT2D eigenvalue weighted by molar-refractivity contribution is -0.00461. The summed E-state index contributed by atoms with van der Waals surface area (Å²) >= 11 is 7.43. The predicted molar refractivity (Wildman–Crippen MR) is 82.1 cm³/mol. The number of nitrogens with zero attached hydrogens (tertiary/aromatic N) is 2. The average Bonchev–Trinajstić information content (AvgIpc) is 3.10. The highest BCUT2D eigenvalue weighted by atomic mass is 35.5. The maximum absolute atomic E-state index is 12.6. The smallest absolute Gasteiger partial charge is 0.264 e. The average molecular weight is 327 g/mol. The summed E-state index contributed by atoms with van der Waals surface area (Å²) in [7, 11) is 3.27. The molecule has 3 heterocycles. The second kappa shape index (κ2) is 5.88. The quantitative estimate of drug-likeness (QED) is 0.813. The Morgan fingerprint density at radius 3 is 2.62 bits per heavy atom. The zero-order chi connectivity index (χ0) is 15.0. The lowest BCUT2D eigenvalue weighted by Crippen LogP contribution is -2.29. The third-order valence-electron chi connectivity index (χ3n) is 3.71. The molecule has 0 saturated carbocycles. The summed E-state index contributed by atoms with van der Waals surface area (Å²) in [6.07, 6.45) is 1.47. The van der Waals surface area contributed by atoms with E-state index in [1.54, 1.807) is 25.3 Å².